The Kier molecular flexibility index (Phi) is 4.98. The number of hydrogen-bond donors (Lipinski definition) is 1. The Balaban J connectivity index is 2.23. The van der Waals surface area contributed by atoms with Gasteiger partial charge in [-0.1, -0.05) is 24.9 Å². The summed E-state index contributed by atoms with van der Waals surface area (Å²) in [4.78, 5) is 0.601. The normalized spacial score (nSPS) is 29.2. The van der Waals surface area contributed by atoms with E-state index in [1.54, 1.807) is 6.07 Å². The number of benzene rings is 1. The Morgan fingerprint density at radius 3 is 2.84 bits per heavy atom. The highest BCUT2D eigenvalue weighted by molar-refractivity contribution is 7.85. The van der Waals surface area contributed by atoms with Crippen LogP contribution in [0.1, 0.15) is 26.2 Å². The van der Waals surface area contributed by atoms with Crippen molar-refractivity contribution in [2.75, 3.05) is 6.54 Å². The SMILES string of the molecule is CC1CCC(CN)C(S(=O)c2ccc(F)c(Cl)c2)C1. The summed E-state index contributed by atoms with van der Waals surface area (Å²) in [6.45, 7) is 2.73. The van der Waals surface area contributed by atoms with Gasteiger partial charge in [-0.2, -0.15) is 0 Å². The summed E-state index contributed by atoms with van der Waals surface area (Å²) in [6.07, 6.45) is 3.06. The van der Waals surface area contributed by atoms with Crippen LogP contribution in [0.15, 0.2) is 23.1 Å². The van der Waals surface area contributed by atoms with E-state index in [0.717, 1.165) is 19.3 Å². The zero-order chi connectivity index (χ0) is 14.0. The van der Waals surface area contributed by atoms with Gasteiger partial charge in [0.05, 0.1) is 15.8 Å². The van der Waals surface area contributed by atoms with Crippen LogP contribution in [0.5, 0.6) is 0 Å². The van der Waals surface area contributed by atoms with Crippen molar-refractivity contribution in [3.05, 3.63) is 29.0 Å². The molecule has 4 atom stereocenters. The molecule has 0 aromatic heterocycles. The lowest BCUT2D eigenvalue weighted by molar-refractivity contribution is 0.302. The summed E-state index contributed by atoms with van der Waals surface area (Å²) in [6, 6.07) is 4.31. The largest absolute Gasteiger partial charge is 0.330 e. The van der Waals surface area contributed by atoms with E-state index >= 15 is 0 Å². The molecule has 106 valence electrons. The molecule has 2 rings (SSSR count). The van der Waals surface area contributed by atoms with Gasteiger partial charge in [0.2, 0.25) is 0 Å². The van der Waals surface area contributed by atoms with Crippen LogP contribution in [0.25, 0.3) is 0 Å². The van der Waals surface area contributed by atoms with Crippen LogP contribution in [0, 0.1) is 17.7 Å². The smallest absolute Gasteiger partial charge is 0.141 e. The van der Waals surface area contributed by atoms with E-state index < -0.39 is 16.6 Å². The van der Waals surface area contributed by atoms with Crippen molar-refractivity contribution in [3.63, 3.8) is 0 Å². The van der Waals surface area contributed by atoms with Gasteiger partial charge in [0.25, 0.3) is 0 Å². The second kappa shape index (κ2) is 6.33. The van der Waals surface area contributed by atoms with E-state index in [1.165, 1.54) is 12.1 Å². The van der Waals surface area contributed by atoms with Gasteiger partial charge in [-0.25, -0.2) is 4.39 Å². The molecule has 2 N–H and O–H groups in total. The van der Waals surface area contributed by atoms with E-state index in [4.69, 9.17) is 17.3 Å². The molecule has 0 spiro atoms. The zero-order valence-electron chi connectivity index (χ0n) is 10.9. The Morgan fingerprint density at radius 1 is 1.47 bits per heavy atom. The molecule has 0 saturated heterocycles. The fourth-order valence-corrected chi connectivity index (χ4v) is 4.83. The third-order valence-electron chi connectivity index (χ3n) is 3.89. The van der Waals surface area contributed by atoms with Crippen molar-refractivity contribution in [2.24, 2.45) is 17.6 Å². The topological polar surface area (TPSA) is 43.1 Å². The second-order valence-electron chi connectivity index (χ2n) is 5.33. The van der Waals surface area contributed by atoms with E-state index in [0.29, 0.717) is 17.4 Å². The molecule has 5 heteroatoms. The number of nitrogens with two attached hydrogens (primary N) is 1. The summed E-state index contributed by atoms with van der Waals surface area (Å²) >= 11 is 5.76. The van der Waals surface area contributed by atoms with Gasteiger partial charge in [-0.15, -0.1) is 0 Å². The fourth-order valence-electron chi connectivity index (χ4n) is 2.70. The molecule has 0 amide bonds. The van der Waals surface area contributed by atoms with Crippen LogP contribution in [0.2, 0.25) is 5.02 Å². The Bertz CT molecular complexity index is 483. The second-order valence-corrected chi connectivity index (χ2v) is 7.40. The van der Waals surface area contributed by atoms with Gasteiger partial charge in [0, 0.05) is 10.1 Å². The minimum Gasteiger partial charge on any atom is -0.330 e. The first-order valence-electron chi connectivity index (χ1n) is 6.58. The fraction of sp³-hybridized carbons (Fsp3) is 0.571. The van der Waals surface area contributed by atoms with Crippen LogP contribution in [-0.4, -0.2) is 16.0 Å². The molecule has 0 heterocycles. The van der Waals surface area contributed by atoms with Gasteiger partial charge >= 0.3 is 0 Å². The lowest BCUT2D eigenvalue weighted by Crippen LogP contribution is -2.36. The van der Waals surface area contributed by atoms with Crippen molar-refractivity contribution in [2.45, 2.75) is 36.3 Å². The van der Waals surface area contributed by atoms with Crippen LogP contribution < -0.4 is 5.73 Å². The minimum atomic E-state index is -1.17. The predicted octanol–water partition coefficient (Wildman–Crippen LogP) is 3.35. The lowest BCUT2D eigenvalue weighted by atomic mass is 9.82. The van der Waals surface area contributed by atoms with E-state index in [9.17, 15) is 8.60 Å². The molecule has 1 saturated carbocycles. The number of halogens is 2. The Hall–Kier alpha value is -0.450. The van der Waals surface area contributed by atoms with Gasteiger partial charge in [0.1, 0.15) is 5.82 Å². The van der Waals surface area contributed by atoms with Crippen molar-refractivity contribution >= 4 is 22.4 Å². The van der Waals surface area contributed by atoms with Crippen molar-refractivity contribution in [3.8, 4) is 0 Å². The van der Waals surface area contributed by atoms with Crippen LogP contribution in [0.3, 0.4) is 0 Å². The first-order chi connectivity index (χ1) is 9.02. The van der Waals surface area contributed by atoms with E-state index in [-0.39, 0.29) is 16.2 Å². The molecule has 2 nitrogen and oxygen atoms in total. The number of hydrogen-bond acceptors (Lipinski definition) is 2. The number of rotatable bonds is 3. The van der Waals surface area contributed by atoms with Crippen LogP contribution in [-0.2, 0) is 10.8 Å². The van der Waals surface area contributed by atoms with E-state index in [1.807, 2.05) is 0 Å². The van der Waals surface area contributed by atoms with Crippen molar-refractivity contribution < 1.29 is 8.60 Å². The van der Waals surface area contributed by atoms with Crippen LogP contribution in [0.4, 0.5) is 4.39 Å². The van der Waals surface area contributed by atoms with Crippen molar-refractivity contribution in [1.82, 2.24) is 0 Å². The average Bonchev–Trinajstić information content (AvgIpc) is 2.41. The third-order valence-corrected chi connectivity index (χ3v) is 6.03. The van der Waals surface area contributed by atoms with Gasteiger partial charge in [-0.3, -0.25) is 4.21 Å². The molecule has 19 heavy (non-hydrogen) atoms. The molecule has 1 aromatic rings. The molecular formula is C14H19ClFNOS. The Morgan fingerprint density at radius 2 is 2.21 bits per heavy atom. The molecule has 1 fully saturated rings. The first kappa shape index (κ1) is 14.9. The highest BCUT2D eigenvalue weighted by atomic mass is 35.5. The third kappa shape index (κ3) is 3.36. The van der Waals surface area contributed by atoms with Gasteiger partial charge < -0.3 is 5.73 Å². The maximum absolute atomic E-state index is 13.2. The lowest BCUT2D eigenvalue weighted by Gasteiger charge is -2.33. The summed E-state index contributed by atoms with van der Waals surface area (Å²) in [5, 5.41) is 0.0780. The summed E-state index contributed by atoms with van der Waals surface area (Å²) in [5.41, 5.74) is 5.79. The van der Waals surface area contributed by atoms with Crippen molar-refractivity contribution in [1.29, 1.82) is 0 Å². The highest BCUT2D eigenvalue weighted by Crippen LogP contribution is 2.34. The Labute approximate surface area is 121 Å². The maximum atomic E-state index is 13.2. The minimum absolute atomic E-state index is 0.0269. The molecule has 0 aliphatic heterocycles. The molecule has 4 unspecified atom stereocenters. The molecule has 0 bridgehead atoms. The average molecular weight is 304 g/mol. The predicted molar refractivity (Wildman–Crippen MR) is 77.2 cm³/mol. The van der Waals surface area contributed by atoms with Gasteiger partial charge in [-0.05, 0) is 49.4 Å². The molecule has 0 radical (unpaired) electrons. The van der Waals surface area contributed by atoms with Gasteiger partial charge in [0.15, 0.2) is 0 Å². The maximum Gasteiger partial charge on any atom is 0.141 e. The summed E-state index contributed by atoms with van der Waals surface area (Å²) in [7, 11) is -1.17. The quantitative estimate of drug-likeness (QED) is 0.930. The first-order valence-corrected chi connectivity index (χ1v) is 8.17. The molecule has 1 aliphatic rings. The monoisotopic (exact) mass is 303 g/mol. The highest BCUT2D eigenvalue weighted by Gasteiger charge is 2.32. The standard InChI is InChI=1S/C14H19ClFNOS/c1-9-2-3-10(8-17)14(6-9)19(18)11-4-5-13(16)12(15)7-11/h4-5,7,9-10,14H,2-3,6,8,17H2,1H3. The molecule has 1 aromatic carbocycles. The summed E-state index contributed by atoms with van der Waals surface area (Å²) < 4.78 is 25.8. The molecule has 1 aliphatic carbocycles. The van der Waals surface area contributed by atoms with E-state index in [2.05, 4.69) is 6.92 Å². The summed E-state index contributed by atoms with van der Waals surface area (Å²) in [5.74, 6) is 0.364. The zero-order valence-corrected chi connectivity index (χ0v) is 12.5. The molecular weight excluding hydrogens is 285 g/mol. The van der Waals surface area contributed by atoms with Crippen LogP contribution >= 0.6 is 11.6 Å².